The maximum Gasteiger partial charge on any atom is 0.246 e. The topological polar surface area (TPSA) is 167 Å². The third-order valence-electron chi connectivity index (χ3n) is 4.66. The van der Waals surface area contributed by atoms with Crippen LogP contribution in [0.3, 0.4) is 0 Å². The Balaban J connectivity index is 2.55. The zero-order valence-electron chi connectivity index (χ0n) is 13.9. The van der Waals surface area contributed by atoms with Crippen molar-refractivity contribution in [1.29, 1.82) is 15.8 Å². The Bertz CT molecular complexity index is 914. The Morgan fingerprint density at radius 3 is 2.15 bits per heavy atom. The molecular weight excluding hydrogens is 334 g/mol. The van der Waals surface area contributed by atoms with Gasteiger partial charge in [-0.3, -0.25) is 9.59 Å². The maximum absolute atomic E-state index is 12.7. The molecule has 8 nitrogen and oxygen atoms in total. The van der Waals surface area contributed by atoms with Gasteiger partial charge in [0.2, 0.25) is 5.91 Å². The van der Waals surface area contributed by atoms with Crippen LogP contribution in [-0.2, 0) is 4.79 Å². The lowest BCUT2D eigenvalue weighted by Gasteiger charge is -2.31. The lowest BCUT2D eigenvalue weighted by molar-refractivity contribution is -0.114. The van der Waals surface area contributed by atoms with Gasteiger partial charge in [-0.15, -0.1) is 0 Å². The number of amides is 1. The van der Waals surface area contributed by atoms with E-state index in [1.165, 1.54) is 19.2 Å². The molecule has 1 atom stereocenters. The van der Waals surface area contributed by atoms with Gasteiger partial charge in [0.05, 0.1) is 25.3 Å². The Morgan fingerprint density at radius 2 is 1.73 bits per heavy atom. The number of nitrogens with two attached hydrogens (primary N) is 2. The van der Waals surface area contributed by atoms with Crippen LogP contribution in [0.1, 0.15) is 23.2 Å². The molecule has 8 heteroatoms. The van der Waals surface area contributed by atoms with Gasteiger partial charge < -0.3 is 16.2 Å². The van der Waals surface area contributed by atoms with Gasteiger partial charge in [0.25, 0.3) is 0 Å². The fraction of sp³-hybridized carbons (Fsp3) is 0.278. The maximum atomic E-state index is 12.7. The number of nitrogens with zero attached hydrogens (tertiary/aromatic N) is 3. The minimum atomic E-state index is -1.97. The number of allylic oxidation sites excluding steroid dienone is 1. The summed E-state index contributed by atoms with van der Waals surface area (Å²) in [5.74, 6) is -0.889. The van der Waals surface area contributed by atoms with Crippen LogP contribution < -0.4 is 16.2 Å². The monoisotopic (exact) mass is 349 g/mol. The van der Waals surface area contributed by atoms with E-state index < -0.39 is 35.4 Å². The van der Waals surface area contributed by atoms with Crippen molar-refractivity contribution in [2.24, 2.45) is 22.3 Å². The number of ether oxygens (including phenoxy) is 1. The number of rotatable bonds is 5. The average Bonchev–Trinajstić information content (AvgIpc) is 2.91. The number of hydrogen-bond donors (Lipinski definition) is 2. The van der Waals surface area contributed by atoms with E-state index in [9.17, 15) is 25.4 Å². The second kappa shape index (κ2) is 6.58. The third kappa shape index (κ3) is 2.53. The molecule has 0 saturated heterocycles. The SMILES string of the molecule is COc1ccc(C(=O)C[C@]2(C#N)C(N)=C(C(N)=O)CC2(C#N)C#N)cc1. The first-order chi connectivity index (χ1) is 12.3. The molecule has 0 spiro atoms. The molecule has 1 aromatic rings. The summed E-state index contributed by atoms with van der Waals surface area (Å²) in [6.07, 6.45) is -0.926. The van der Waals surface area contributed by atoms with Gasteiger partial charge in [-0.1, -0.05) is 0 Å². The van der Waals surface area contributed by atoms with E-state index in [4.69, 9.17) is 16.2 Å². The van der Waals surface area contributed by atoms with Crippen molar-refractivity contribution in [2.45, 2.75) is 12.8 Å². The van der Waals surface area contributed by atoms with Gasteiger partial charge >= 0.3 is 0 Å². The number of primary amides is 1. The summed E-state index contributed by atoms with van der Waals surface area (Å²) in [7, 11) is 1.48. The number of methoxy groups -OCH3 is 1. The second-order valence-electron chi connectivity index (χ2n) is 5.91. The molecule has 0 radical (unpaired) electrons. The molecule has 1 aliphatic rings. The first-order valence-electron chi connectivity index (χ1n) is 7.50. The summed E-state index contributed by atoms with van der Waals surface area (Å²) in [6.45, 7) is 0. The number of Topliss-reactive ketones (excluding diaryl/α,β-unsaturated/α-hetero) is 1. The predicted molar refractivity (Wildman–Crippen MR) is 88.7 cm³/mol. The predicted octanol–water partition coefficient (Wildman–Crippen LogP) is 0.913. The van der Waals surface area contributed by atoms with Gasteiger partial charge in [0.1, 0.15) is 11.2 Å². The standard InChI is InChI=1S/C18H15N5O3/c1-26-12-4-2-11(3-5-12)14(24)7-18(10-21)15(22)13(16(23)25)6-17(18,8-19)9-20/h2-5H,6-7,22H2,1H3,(H2,23,25)/t18-/m0/s1. The number of ketones is 1. The Labute approximate surface area is 149 Å². The summed E-state index contributed by atoms with van der Waals surface area (Å²) in [6, 6.07) is 11.5. The van der Waals surface area contributed by atoms with Crippen molar-refractivity contribution in [3.8, 4) is 24.0 Å². The van der Waals surface area contributed by atoms with Crippen LogP contribution in [0, 0.1) is 44.8 Å². The quantitative estimate of drug-likeness (QED) is 0.745. The first-order valence-corrected chi connectivity index (χ1v) is 7.50. The highest BCUT2D eigenvalue weighted by atomic mass is 16.5. The zero-order valence-corrected chi connectivity index (χ0v) is 13.9. The molecule has 0 aromatic heterocycles. The van der Waals surface area contributed by atoms with Crippen LogP contribution in [0.4, 0.5) is 0 Å². The van der Waals surface area contributed by atoms with Gasteiger partial charge in [-0.2, -0.15) is 15.8 Å². The van der Waals surface area contributed by atoms with E-state index >= 15 is 0 Å². The van der Waals surface area contributed by atoms with Gasteiger partial charge in [0, 0.05) is 29.7 Å². The van der Waals surface area contributed by atoms with Crippen molar-refractivity contribution in [3.05, 3.63) is 41.1 Å². The van der Waals surface area contributed by atoms with E-state index in [-0.39, 0.29) is 16.8 Å². The van der Waals surface area contributed by atoms with Gasteiger partial charge in [0.15, 0.2) is 11.2 Å². The number of carbonyl (C=O) groups excluding carboxylic acids is 2. The van der Waals surface area contributed by atoms with Crippen molar-refractivity contribution >= 4 is 11.7 Å². The Kier molecular flexibility index (Phi) is 4.69. The highest BCUT2D eigenvalue weighted by Gasteiger charge is 2.62. The smallest absolute Gasteiger partial charge is 0.246 e. The van der Waals surface area contributed by atoms with Crippen LogP contribution in [0.15, 0.2) is 35.5 Å². The Morgan fingerprint density at radius 1 is 1.15 bits per heavy atom. The summed E-state index contributed by atoms with van der Waals surface area (Å²) in [5.41, 5.74) is 7.07. The van der Waals surface area contributed by atoms with Crippen molar-refractivity contribution < 1.29 is 14.3 Å². The molecule has 130 valence electrons. The minimum Gasteiger partial charge on any atom is -0.497 e. The van der Waals surface area contributed by atoms with Crippen LogP contribution in [0.5, 0.6) is 5.75 Å². The highest BCUT2D eigenvalue weighted by molar-refractivity contribution is 5.99. The molecule has 0 fully saturated rings. The van der Waals surface area contributed by atoms with Crippen LogP contribution in [0.2, 0.25) is 0 Å². The molecule has 0 heterocycles. The normalized spacial score (nSPS) is 20.5. The molecule has 1 aromatic carbocycles. The van der Waals surface area contributed by atoms with Crippen LogP contribution >= 0.6 is 0 Å². The van der Waals surface area contributed by atoms with E-state index in [0.717, 1.165) is 0 Å². The van der Waals surface area contributed by atoms with Gasteiger partial charge in [-0.05, 0) is 24.3 Å². The molecule has 1 aliphatic carbocycles. The number of benzene rings is 1. The van der Waals surface area contributed by atoms with Crippen molar-refractivity contribution in [1.82, 2.24) is 0 Å². The van der Waals surface area contributed by atoms with Crippen LogP contribution in [-0.4, -0.2) is 18.8 Å². The number of hydrogen-bond acceptors (Lipinski definition) is 7. The fourth-order valence-electron chi connectivity index (χ4n) is 3.07. The summed E-state index contributed by atoms with van der Waals surface area (Å²) < 4.78 is 5.02. The van der Waals surface area contributed by atoms with E-state index in [0.29, 0.717) is 5.75 Å². The molecule has 4 N–H and O–H groups in total. The first kappa shape index (κ1) is 18.5. The molecule has 0 unspecified atom stereocenters. The molecule has 1 amide bonds. The number of nitriles is 3. The van der Waals surface area contributed by atoms with Crippen molar-refractivity contribution in [3.63, 3.8) is 0 Å². The summed E-state index contributed by atoms with van der Waals surface area (Å²) in [5, 5.41) is 28.9. The molecule has 0 bridgehead atoms. The van der Waals surface area contributed by atoms with E-state index in [1.54, 1.807) is 24.3 Å². The molecule has 0 saturated carbocycles. The lowest BCUT2D eigenvalue weighted by Crippen LogP contribution is -2.41. The minimum absolute atomic E-state index is 0.169. The van der Waals surface area contributed by atoms with Crippen LogP contribution in [0.25, 0.3) is 0 Å². The Hall–Kier alpha value is -3.83. The van der Waals surface area contributed by atoms with E-state index in [1.807, 2.05) is 6.07 Å². The summed E-state index contributed by atoms with van der Waals surface area (Å²) >= 11 is 0. The third-order valence-corrected chi connectivity index (χ3v) is 4.66. The van der Waals surface area contributed by atoms with Gasteiger partial charge in [-0.25, -0.2) is 0 Å². The second-order valence-corrected chi connectivity index (χ2v) is 5.91. The lowest BCUT2D eigenvalue weighted by atomic mass is 9.63. The zero-order chi connectivity index (χ0) is 19.5. The number of carbonyl (C=O) groups is 2. The molecular formula is C18H15N5O3. The summed E-state index contributed by atoms with van der Waals surface area (Å²) in [4.78, 5) is 24.3. The van der Waals surface area contributed by atoms with Crippen molar-refractivity contribution in [2.75, 3.05) is 7.11 Å². The fourth-order valence-corrected chi connectivity index (χ4v) is 3.07. The molecule has 0 aliphatic heterocycles. The molecule has 2 rings (SSSR count). The average molecular weight is 349 g/mol. The largest absolute Gasteiger partial charge is 0.497 e. The van der Waals surface area contributed by atoms with E-state index in [2.05, 4.69) is 0 Å². The molecule has 26 heavy (non-hydrogen) atoms. The highest BCUT2D eigenvalue weighted by Crippen LogP contribution is 2.55.